The molecule has 3 N–H and O–H groups in total. The largest absolute Gasteiger partial charge is 0.504 e. The normalized spacial score (nSPS) is 10.4. The molecule has 1 aromatic heterocycles. The zero-order chi connectivity index (χ0) is 12.6. The summed E-state index contributed by atoms with van der Waals surface area (Å²) in [6.07, 6.45) is 0. The molecule has 0 saturated heterocycles. The van der Waals surface area contributed by atoms with Crippen molar-refractivity contribution in [3.05, 3.63) is 28.4 Å². The third-order valence-corrected chi connectivity index (χ3v) is 2.74. The van der Waals surface area contributed by atoms with Gasteiger partial charge in [0.2, 0.25) is 5.76 Å². The summed E-state index contributed by atoms with van der Waals surface area (Å²) < 4.78 is 4.87. The van der Waals surface area contributed by atoms with Gasteiger partial charge in [-0.2, -0.15) is 0 Å². The van der Waals surface area contributed by atoms with Crippen LogP contribution in [0.2, 0.25) is 0 Å². The molecule has 0 spiro atoms. The smallest absolute Gasteiger partial charge is 0.374 e. The Balaban J connectivity index is 2.53. The first-order valence-electron chi connectivity index (χ1n) is 4.41. The highest BCUT2D eigenvalue weighted by atomic mass is 79.9. The Kier molecular flexibility index (Phi) is 2.76. The molecule has 7 heteroatoms. The Morgan fingerprint density at radius 1 is 1.29 bits per heavy atom. The number of hydrogen-bond donors (Lipinski definition) is 3. The van der Waals surface area contributed by atoms with Crippen molar-refractivity contribution in [2.24, 2.45) is 0 Å². The topological polar surface area (TPSA) is 104 Å². The van der Waals surface area contributed by atoms with E-state index in [0.717, 1.165) is 6.07 Å². The summed E-state index contributed by atoms with van der Waals surface area (Å²) in [6.45, 7) is 0. The van der Waals surface area contributed by atoms with Gasteiger partial charge in [-0.05, 0) is 28.1 Å². The number of hydrogen-bond acceptors (Lipinski definition) is 5. The van der Waals surface area contributed by atoms with E-state index in [-0.39, 0.29) is 22.8 Å². The molecule has 88 valence electrons. The molecule has 17 heavy (non-hydrogen) atoms. The number of rotatable bonds is 2. The van der Waals surface area contributed by atoms with Crippen LogP contribution in [0.25, 0.3) is 11.3 Å². The molecule has 0 fully saturated rings. The molecule has 0 radical (unpaired) electrons. The maximum absolute atomic E-state index is 10.6. The van der Waals surface area contributed by atoms with Crippen LogP contribution in [0.5, 0.6) is 11.5 Å². The molecule has 0 bridgehead atoms. The molecule has 0 atom stereocenters. The van der Waals surface area contributed by atoms with Gasteiger partial charge < -0.3 is 19.8 Å². The van der Waals surface area contributed by atoms with Gasteiger partial charge in [-0.25, -0.2) is 4.79 Å². The number of carboxylic acids is 1. The molecule has 0 aliphatic heterocycles. The molecule has 0 saturated carbocycles. The Bertz CT molecular complexity index is 592. The number of carboxylic acid groups (broad SMARTS) is 1. The Morgan fingerprint density at radius 2 is 2.00 bits per heavy atom. The molecular weight excluding hydrogens is 294 g/mol. The van der Waals surface area contributed by atoms with Crippen LogP contribution < -0.4 is 0 Å². The Labute approximate surface area is 103 Å². The number of carbonyl (C=O) groups is 1. The van der Waals surface area contributed by atoms with Crippen molar-refractivity contribution in [3.8, 4) is 22.8 Å². The fourth-order valence-electron chi connectivity index (χ4n) is 1.26. The molecule has 0 amide bonds. The number of halogens is 1. The molecule has 2 rings (SSSR count). The summed E-state index contributed by atoms with van der Waals surface area (Å²) in [6, 6.07) is 4.13. The van der Waals surface area contributed by atoms with Gasteiger partial charge in [0.1, 0.15) is 5.69 Å². The van der Waals surface area contributed by atoms with Crippen molar-refractivity contribution in [2.75, 3.05) is 0 Å². The SMILES string of the molecule is O=C(O)c1cc(-c2ccc(Br)c(O)c2O)no1. The average molecular weight is 300 g/mol. The lowest BCUT2D eigenvalue weighted by atomic mass is 10.1. The van der Waals surface area contributed by atoms with Crippen molar-refractivity contribution in [1.82, 2.24) is 5.16 Å². The molecule has 0 aliphatic carbocycles. The van der Waals surface area contributed by atoms with E-state index in [9.17, 15) is 15.0 Å². The van der Waals surface area contributed by atoms with Gasteiger partial charge >= 0.3 is 5.97 Å². The predicted octanol–water partition coefficient (Wildman–Crippen LogP) is 2.21. The maximum atomic E-state index is 10.6. The van der Waals surface area contributed by atoms with Crippen LogP contribution in [0.3, 0.4) is 0 Å². The van der Waals surface area contributed by atoms with Crippen LogP contribution in [0.15, 0.2) is 27.2 Å². The van der Waals surface area contributed by atoms with Gasteiger partial charge in [0.15, 0.2) is 11.5 Å². The molecule has 0 aliphatic rings. The van der Waals surface area contributed by atoms with E-state index in [1.807, 2.05) is 0 Å². The Morgan fingerprint density at radius 3 is 2.59 bits per heavy atom. The third-order valence-electron chi connectivity index (χ3n) is 2.10. The fraction of sp³-hybridized carbons (Fsp3) is 0. The third kappa shape index (κ3) is 1.96. The zero-order valence-electron chi connectivity index (χ0n) is 8.22. The molecular formula is C10H6BrNO5. The van der Waals surface area contributed by atoms with Crippen LogP contribution in [-0.2, 0) is 0 Å². The van der Waals surface area contributed by atoms with E-state index in [1.165, 1.54) is 12.1 Å². The number of nitrogens with zero attached hydrogens (tertiary/aromatic N) is 1. The first-order chi connectivity index (χ1) is 8.00. The van der Waals surface area contributed by atoms with Gasteiger partial charge in [-0.3, -0.25) is 0 Å². The molecule has 1 heterocycles. The lowest BCUT2D eigenvalue weighted by molar-refractivity contribution is 0.0652. The van der Waals surface area contributed by atoms with E-state index >= 15 is 0 Å². The minimum absolute atomic E-state index is 0.128. The number of benzene rings is 1. The van der Waals surface area contributed by atoms with Gasteiger partial charge in [0.25, 0.3) is 0 Å². The van der Waals surface area contributed by atoms with Crippen molar-refractivity contribution in [3.63, 3.8) is 0 Å². The standard InChI is InChI=1S/C10H6BrNO5/c11-5-2-1-4(8(13)9(5)14)6-3-7(10(15)16)17-12-6/h1-3,13-14H,(H,15,16). The van der Waals surface area contributed by atoms with Crippen LogP contribution >= 0.6 is 15.9 Å². The van der Waals surface area contributed by atoms with Crippen molar-refractivity contribution in [1.29, 1.82) is 0 Å². The lowest BCUT2D eigenvalue weighted by Crippen LogP contribution is -1.91. The minimum Gasteiger partial charge on any atom is -0.504 e. The second-order valence-electron chi connectivity index (χ2n) is 3.17. The number of phenolic OH excluding ortho intramolecular Hbond substituents is 2. The van der Waals surface area contributed by atoms with Crippen LogP contribution in [0.4, 0.5) is 0 Å². The van der Waals surface area contributed by atoms with Crippen LogP contribution in [-0.4, -0.2) is 26.4 Å². The minimum atomic E-state index is -1.26. The zero-order valence-corrected chi connectivity index (χ0v) is 9.80. The summed E-state index contributed by atoms with van der Waals surface area (Å²) in [7, 11) is 0. The van der Waals surface area contributed by atoms with E-state index in [0.29, 0.717) is 4.47 Å². The molecule has 0 unspecified atom stereocenters. The highest BCUT2D eigenvalue weighted by molar-refractivity contribution is 9.10. The second kappa shape index (κ2) is 4.10. The second-order valence-corrected chi connectivity index (χ2v) is 4.03. The highest BCUT2D eigenvalue weighted by Crippen LogP contribution is 2.40. The first-order valence-corrected chi connectivity index (χ1v) is 5.21. The van der Waals surface area contributed by atoms with Gasteiger partial charge in [0.05, 0.1) is 4.47 Å². The van der Waals surface area contributed by atoms with Crippen LogP contribution in [0.1, 0.15) is 10.6 Å². The summed E-state index contributed by atoms with van der Waals surface area (Å²) in [4.78, 5) is 10.6. The quantitative estimate of drug-likeness (QED) is 0.735. The summed E-state index contributed by atoms with van der Waals surface area (Å²) in [5.41, 5.74) is 0.310. The fourth-order valence-corrected chi connectivity index (χ4v) is 1.58. The van der Waals surface area contributed by atoms with Gasteiger partial charge in [-0.1, -0.05) is 5.16 Å². The van der Waals surface area contributed by atoms with Crippen molar-refractivity contribution in [2.45, 2.75) is 0 Å². The van der Waals surface area contributed by atoms with Gasteiger partial charge in [-0.15, -0.1) is 0 Å². The number of aromatic carboxylic acids is 1. The van der Waals surface area contributed by atoms with Crippen LogP contribution in [0, 0.1) is 0 Å². The maximum Gasteiger partial charge on any atom is 0.374 e. The summed E-state index contributed by atoms with van der Waals surface area (Å²) in [5.74, 6) is -2.35. The average Bonchev–Trinajstić information content (AvgIpc) is 2.75. The van der Waals surface area contributed by atoms with E-state index < -0.39 is 11.7 Å². The Hall–Kier alpha value is -2.02. The van der Waals surface area contributed by atoms with E-state index in [1.54, 1.807) is 0 Å². The van der Waals surface area contributed by atoms with Crippen molar-refractivity contribution < 1.29 is 24.6 Å². The van der Waals surface area contributed by atoms with Crippen molar-refractivity contribution >= 4 is 21.9 Å². The number of aromatic hydroxyl groups is 2. The van der Waals surface area contributed by atoms with E-state index in [4.69, 9.17) is 5.11 Å². The molecule has 6 nitrogen and oxygen atoms in total. The van der Waals surface area contributed by atoms with Gasteiger partial charge in [0, 0.05) is 11.6 Å². The highest BCUT2D eigenvalue weighted by Gasteiger charge is 2.17. The first kappa shape index (κ1) is 11.5. The predicted molar refractivity (Wildman–Crippen MR) is 59.9 cm³/mol. The van der Waals surface area contributed by atoms with E-state index in [2.05, 4.69) is 25.6 Å². The summed E-state index contributed by atoms with van der Waals surface area (Å²) in [5, 5.41) is 31.3. The lowest BCUT2D eigenvalue weighted by Gasteiger charge is -2.04. The molecule has 1 aromatic carbocycles. The molecule has 2 aromatic rings. The monoisotopic (exact) mass is 299 g/mol. The summed E-state index contributed by atoms with van der Waals surface area (Å²) >= 11 is 3.03. The number of phenols is 2. The number of aromatic nitrogens is 1.